The Kier molecular flexibility index (Phi) is 6.41. The second kappa shape index (κ2) is 9.22. The number of hydrogen-bond acceptors (Lipinski definition) is 5. The van der Waals surface area contributed by atoms with E-state index in [1.165, 1.54) is 11.3 Å². The molecule has 1 saturated heterocycles. The Morgan fingerprint density at radius 3 is 2.94 bits per heavy atom. The van der Waals surface area contributed by atoms with Crippen LogP contribution >= 0.6 is 11.3 Å². The van der Waals surface area contributed by atoms with Crippen LogP contribution in [0.25, 0.3) is 15.9 Å². The number of aromatic nitrogens is 2. The minimum absolute atomic E-state index is 0.0518. The van der Waals surface area contributed by atoms with Crippen LogP contribution in [-0.2, 0) is 4.79 Å². The Morgan fingerprint density at radius 2 is 2.16 bits per heavy atom. The zero-order chi connectivity index (χ0) is 22.0. The molecule has 0 bridgehead atoms. The van der Waals surface area contributed by atoms with Gasteiger partial charge in [-0.05, 0) is 61.2 Å². The third-order valence-electron chi connectivity index (χ3n) is 5.82. The molecule has 1 fully saturated rings. The Hall–Kier alpha value is -2.67. The van der Waals surface area contributed by atoms with Gasteiger partial charge in [0.25, 0.3) is 5.56 Å². The van der Waals surface area contributed by atoms with E-state index in [-0.39, 0.29) is 17.4 Å². The van der Waals surface area contributed by atoms with Gasteiger partial charge in [-0.1, -0.05) is 26.0 Å². The summed E-state index contributed by atoms with van der Waals surface area (Å²) in [4.78, 5) is 33.2. The number of benzene rings is 1. The molecule has 31 heavy (non-hydrogen) atoms. The maximum absolute atomic E-state index is 13.4. The first kappa shape index (κ1) is 21.6. The zero-order valence-corrected chi connectivity index (χ0v) is 19.2. The van der Waals surface area contributed by atoms with Crippen molar-refractivity contribution in [1.82, 2.24) is 14.9 Å². The fourth-order valence-electron chi connectivity index (χ4n) is 4.11. The number of piperidine rings is 1. The molecule has 0 radical (unpaired) electrons. The van der Waals surface area contributed by atoms with Crippen LogP contribution in [0.15, 0.2) is 40.5 Å². The summed E-state index contributed by atoms with van der Waals surface area (Å²) in [6, 6.07) is 9.82. The molecule has 4 rings (SSSR count). The van der Waals surface area contributed by atoms with Crippen molar-refractivity contribution in [2.24, 2.45) is 11.8 Å². The van der Waals surface area contributed by atoms with Crippen LogP contribution in [0.5, 0.6) is 0 Å². The van der Waals surface area contributed by atoms with Crippen molar-refractivity contribution < 1.29 is 4.79 Å². The molecule has 3 aromatic rings. The largest absolute Gasteiger partial charge is 0.356 e. The summed E-state index contributed by atoms with van der Waals surface area (Å²) in [6.07, 6.45) is 2.73. The lowest BCUT2D eigenvalue weighted by atomic mass is 9.97. The summed E-state index contributed by atoms with van der Waals surface area (Å²) < 4.78 is 2.37. The van der Waals surface area contributed by atoms with Gasteiger partial charge < -0.3 is 10.2 Å². The number of hydrogen-bond donors (Lipinski definition) is 1. The molecule has 3 heterocycles. The highest BCUT2D eigenvalue weighted by molar-refractivity contribution is 7.17. The molecule has 1 aliphatic heterocycles. The van der Waals surface area contributed by atoms with Crippen LogP contribution in [0, 0.1) is 18.8 Å². The van der Waals surface area contributed by atoms with Gasteiger partial charge in [0.05, 0.1) is 17.1 Å². The summed E-state index contributed by atoms with van der Waals surface area (Å²) in [6.45, 7) is 8.39. The van der Waals surface area contributed by atoms with E-state index in [9.17, 15) is 9.59 Å². The number of fused-ring (bicyclic) bond motifs is 1. The first-order valence-electron chi connectivity index (χ1n) is 11.0. The fourth-order valence-corrected chi connectivity index (χ4v) is 4.87. The molecule has 1 atom stereocenters. The summed E-state index contributed by atoms with van der Waals surface area (Å²) in [7, 11) is 0. The van der Waals surface area contributed by atoms with Crippen molar-refractivity contribution in [3.63, 3.8) is 0 Å². The highest BCUT2D eigenvalue weighted by Gasteiger charge is 2.29. The summed E-state index contributed by atoms with van der Waals surface area (Å²) in [5.74, 6) is 1.20. The van der Waals surface area contributed by atoms with Crippen LogP contribution < -0.4 is 15.8 Å². The van der Waals surface area contributed by atoms with Crippen molar-refractivity contribution in [3.8, 4) is 5.69 Å². The van der Waals surface area contributed by atoms with Crippen molar-refractivity contribution in [1.29, 1.82) is 0 Å². The molecule has 2 aromatic heterocycles. The molecule has 0 unspecified atom stereocenters. The number of carbonyl (C=O) groups excluding carboxylic acids is 1. The third kappa shape index (κ3) is 4.66. The smallest absolute Gasteiger partial charge is 0.277 e. The van der Waals surface area contributed by atoms with E-state index < -0.39 is 0 Å². The molecule has 1 N–H and O–H groups in total. The number of nitrogens with one attached hydrogen (secondary N) is 1. The Labute approximate surface area is 186 Å². The SMILES string of the molecule is Cc1cccc(-n2c(N3CCC[C@@H](C(=O)NCCC(C)C)C3)nc3ccsc3c2=O)c1. The Morgan fingerprint density at radius 1 is 1.32 bits per heavy atom. The molecule has 7 heteroatoms. The lowest BCUT2D eigenvalue weighted by molar-refractivity contribution is -0.125. The molecule has 1 amide bonds. The molecule has 1 aromatic carbocycles. The van der Waals surface area contributed by atoms with Gasteiger partial charge in [-0.15, -0.1) is 11.3 Å². The van der Waals surface area contributed by atoms with Gasteiger partial charge in [0.1, 0.15) is 4.70 Å². The lowest BCUT2D eigenvalue weighted by Crippen LogP contribution is -2.45. The molecule has 164 valence electrons. The Bertz CT molecular complexity index is 1130. The van der Waals surface area contributed by atoms with Gasteiger partial charge in [-0.25, -0.2) is 9.55 Å². The summed E-state index contributed by atoms with van der Waals surface area (Å²) >= 11 is 1.42. The molecule has 0 saturated carbocycles. The first-order valence-corrected chi connectivity index (χ1v) is 11.9. The number of amides is 1. The molecule has 0 spiro atoms. The monoisotopic (exact) mass is 438 g/mol. The highest BCUT2D eigenvalue weighted by atomic mass is 32.1. The maximum Gasteiger partial charge on any atom is 0.277 e. The average molecular weight is 439 g/mol. The molecule has 0 aliphatic carbocycles. The van der Waals surface area contributed by atoms with Gasteiger partial charge in [-0.2, -0.15) is 0 Å². The number of anilines is 1. The van der Waals surface area contributed by atoms with Crippen LogP contribution in [0.1, 0.15) is 38.7 Å². The van der Waals surface area contributed by atoms with Gasteiger partial charge in [0.2, 0.25) is 11.9 Å². The third-order valence-corrected chi connectivity index (χ3v) is 6.71. The molecule has 1 aliphatic rings. The number of aryl methyl sites for hydroxylation is 1. The minimum Gasteiger partial charge on any atom is -0.356 e. The van der Waals surface area contributed by atoms with Crippen LogP contribution in [-0.4, -0.2) is 35.1 Å². The minimum atomic E-state index is -0.0954. The quantitative estimate of drug-likeness (QED) is 0.628. The highest BCUT2D eigenvalue weighted by Crippen LogP contribution is 2.26. The van der Waals surface area contributed by atoms with E-state index in [1.807, 2.05) is 42.6 Å². The van der Waals surface area contributed by atoms with Crippen molar-refractivity contribution in [2.45, 2.75) is 40.0 Å². The van der Waals surface area contributed by atoms with Gasteiger partial charge in [0.15, 0.2) is 0 Å². The van der Waals surface area contributed by atoms with Crippen molar-refractivity contribution >= 4 is 33.4 Å². The average Bonchev–Trinajstić information content (AvgIpc) is 3.22. The summed E-state index contributed by atoms with van der Waals surface area (Å²) in [5.41, 5.74) is 2.57. The lowest BCUT2D eigenvalue weighted by Gasteiger charge is -2.34. The number of thiophene rings is 1. The first-order chi connectivity index (χ1) is 14.9. The van der Waals surface area contributed by atoms with E-state index in [4.69, 9.17) is 4.98 Å². The summed E-state index contributed by atoms with van der Waals surface area (Å²) in [5, 5.41) is 5.00. The molecular weight excluding hydrogens is 408 g/mol. The zero-order valence-electron chi connectivity index (χ0n) is 18.4. The molecular formula is C24H30N4O2S. The maximum atomic E-state index is 13.4. The molecule has 6 nitrogen and oxygen atoms in total. The number of carbonyl (C=O) groups is 1. The fraction of sp³-hybridized carbons (Fsp3) is 0.458. The predicted octanol–water partition coefficient (Wildman–Crippen LogP) is 4.13. The predicted molar refractivity (Wildman–Crippen MR) is 127 cm³/mol. The number of rotatable bonds is 6. The topological polar surface area (TPSA) is 67.2 Å². The van der Waals surface area contributed by atoms with E-state index in [0.29, 0.717) is 29.7 Å². The van der Waals surface area contributed by atoms with Crippen LogP contribution in [0.3, 0.4) is 0 Å². The van der Waals surface area contributed by atoms with Crippen molar-refractivity contribution in [2.75, 3.05) is 24.5 Å². The second-order valence-electron chi connectivity index (χ2n) is 8.79. The van der Waals surface area contributed by atoms with E-state index in [0.717, 1.165) is 42.6 Å². The van der Waals surface area contributed by atoms with Gasteiger partial charge in [-0.3, -0.25) is 9.59 Å². The van der Waals surface area contributed by atoms with Gasteiger partial charge >= 0.3 is 0 Å². The van der Waals surface area contributed by atoms with Crippen molar-refractivity contribution in [3.05, 3.63) is 51.6 Å². The van der Waals surface area contributed by atoms with E-state index in [1.54, 1.807) is 4.57 Å². The normalized spacial score (nSPS) is 16.8. The van der Waals surface area contributed by atoms with Gasteiger partial charge in [0, 0.05) is 19.6 Å². The number of nitrogens with zero attached hydrogens (tertiary/aromatic N) is 3. The van der Waals surface area contributed by atoms with Crippen LogP contribution in [0.2, 0.25) is 0 Å². The standard InChI is InChI=1S/C24H30N4O2S/c1-16(2)9-11-25-22(29)18-7-5-12-27(15-18)24-26-20-10-13-31-21(20)23(30)28(24)19-8-4-6-17(3)14-19/h4,6,8,10,13-14,16,18H,5,7,9,11-12,15H2,1-3H3,(H,25,29)/t18-/m1/s1. The van der Waals surface area contributed by atoms with E-state index in [2.05, 4.69) is 24.1 Å². The second-order valence-corrected chi connectivity index (χ2v) is 9.70. The van der Waals surface area contributed by atoms with Crippen LogP contribution in [0.4, 0.5) is 5.95 Å². The Balaban J connectivity index is 1.67. The van der Waals surface area contributed by atoms with E-state index >= 15 is 0 Å².